The van der Waals surface area contributed by atoms with Gasteiger partial charge in [-0.05, 0) is 13.3 Å². The third-order valence-electron chi connectivity index (χ3n) is 1.06. The Morgan fingerprint density at radius 3 is 2.29 bits per heavy atom. The van der Waals surface area contributed by atoms with Gasteiger partial charge in [-0.15, -0.1) is 6.42 Å². The Hall–Kier alpha value is -0.480. The van der Waals surface area contributed by atoms with E-state index in [4.69, 9.17) is 12.2 Å². The minimum absolute atomic E-state index is 0.389. The molecule has 2 N–H and O–H groups in total. The Bertz CT molecular complexity index is 86.8. The molecular formula is C6H11N. The Morgan fingerprint density at radius 1 is 1.86 bits per heavy atom. The van der Waals surface area contributed by atoms with Crippen molar-refractivity contribution in [3.05, 3.63) is 0 Å². The summed E-state index contributed by atoms with van der Waals surface area (Å²) in [5.74, 6) is 2.47. The van der Waals surface area contributed by atoms with Gasteiger partial charge in [-0.3, -0.25) is 0 Å². The third kappa shape index (κ3) is 2.24. The first-order valence-corrected chi connectivity index (χ1v) is 2.39. The van der Waals surface area contributed by atoms with Crippen molar-refractivity contribution in [2.24, 2.45) is 5.73 Å². The highest BCUT2D eigenvalue weighted by molar-refractivity contribution is 5.06. The fourth-order valence-corrected chi connectivity index (χ4v) is 0.102. The summed E-state index contributed by atoms with van der Waals surface area (Å²) < 4.78 is 0. The van der Waals surface area contributed by atoms with Crippen molar-refractivity contribution in [3.63, 3.8) is 0 Å². The van der Waals surface area contributed by atoms with E-state index in [9.17, 15) is 0 Å². The van der Waals surface area contributed by atoms with E-state index in [2.05, 4.69) is 5.92 Å². The lowest BCUT2D eigenvalue weighted by Crippen LogP contribution is -2.32. The monoisotopic (exact) mass is 97.1 g/mol. The lowest BCUT2D eigenvalue weighted by Gasteiger charge is -2.12. The van der Waals surface area contributed by atoms with Gasteiger partial charge in [0.25, 0.3) is 0 Å². The molecule has 0 aliphatic carbocycles. The van der Waals surface area contributed by atoms with Crippen LogP contribution in [0.5, 0.6) is 0 Å². The fourth-order valence-electron chi connectivity index (χ4n) is 0.102. The quantitative estimate of drug-likeness (QED) is 0.480. The average molecular weight is 97.2 g/mol. The van der Waals surface area contributed by atoms with Gasteiger partial charge in [0.1, 0.15) is 0 Å². The zero-order valence-electron chi connectivity index (χ0n) is 4.86. The molecule has 0 fully saturated rings. The van der Waals surface area contributed by atoms with E-state index in [0.29, 0.717) is 0 Å². The van der Waals surface area contributed by atoms with Crippen LogP contribution in [0.1, 0.15) is 20.3 Å². The predicted octanol–water partition coefficient (Wildman–Crippen LogP) is 0.747. The van der Waals surface area contributed by atoms with Crippen LogP contribution in [0.15, 0.2) is 0 Å². The summed E-state index contributed by atoms with van der Waals surface area (Å²) in [4.78, 5) is 0. The molecule has 0 aromatic rings. The van der Waals surface area contributed by atoms with Gasteiger partial charge in [-0.25, -0.2) is 0 Å². The molecule has 0 spiro atoms. The third-order valence-corrected chi connectivity index (χ3v) is 1.06. The number of terminal acetylenes is 1. The molecule has 0 heterocycles. The minimum Gasteiger partial charge on any atom is -0.315 e. The van der Waals surface area contributed by atoms with E-state index in [1.54, 1.807) is 0 Å². The maximum Gasteiger partial charge on any atom is 0.0742 e. The SMILES string of the molecule is C#C[C@@](C)(N)CC. The van der Waals surface area contributed by atoms with Gasteiger partial charge in [0.15, 0.2) is 0 Å². The van der Waals surface area contributed by atoms with Gasteiger partial charge in [0.05, 0.1) is 5.54 Å². The number of rotatable bonds is 1. The van der Waals surface area contributed by atoms with E-state index >= 15 is 0 Å². The highest BCUT2D eigenvalue weighted by Crippen LogP contribution is 1.99. The summed E-state index contributed by atoms with van der Waals surface area (Å²) in [5, 5.41) is 0. The van der Waals surface area contributed by atoms with Crippen molar-refractivity contribution < 1.29 is 0 Å². The first-order chi connectivity index (χ1) is 3.12. The zero-order valence-corrected chi connectivity index (χ0v) is 4.86. The Morgan fingerprint density at radius 2 is 2.29 bits per heavy atom. The number of hydrogen-bond donors (Lipinski definition) is 1. The van der Waals surface area contributed by atoms with Crippen LogP contribution in [0, 0.1) is 12.3 Å². The first kappa shape index (κ1) is 6.52. The van der Waals surface area contributed by atoms with Gasteiger partial charge in [0, 0.05) is 0 Å². The minimum atomic E-state index is -0.389. The van der Waals surface area contributed by atoms with Crippen LogP contribution in [0.2, 0.25) is 0 Å². The lowest BCUT2D eigenvalue weighted by molar-refractivity contribution is 0.586. The molecule has 1 nitrogen and oxygen atoms in total. The lowest BCUT2D eigenvalue weighted by atomic mass is 10.0. The summed E-state index contributed by atoms with van der Waals surface area (Å²) >= 11 is 0. The molecule has 0 amide bonds. The molecule has 0 saturated heterocycles. The van der Waals surface area contributed by atoms with Crippen LogP contribution in [0.4, 0.5) is 0 Å². The molecule has 0 aromatic carbocycles. The summed E-state index contributed by atoms with van der Waals surface area (Å²) in [7, 11) is 0. The fraction of sp³-hybridized carbons (Fsp3) is 0.667. The van der Waals surface area contributed by atoms with E-state index < -0.39 is 0 Å². The largest absolute Gasteiger partial charge is 0.315 e. The Labute approximate surface area is 44.9 Å². The molecule has 0 rings (SSSR count). The predicted molar refractivity (Wildman–Crippen MR) is 31.7 cm³/mol. The molecule has 0 bridgehead atoms. The normalized spacial score (nSPS) is 17.4. The summed E-state index contributed by atoms with van der Waals surface area (Å²) in [5.41, 5.74) is 5.09. The topological polar surface area (TPSA) is 26.0 Å². The van der Waals surface area contributed by atoms with Crippen LogP contribution in [-0.2, 0) is 0 Å². The van der Waals surface area contributed by atoms with Crippen molar-refractivity contribution in [2.45, 2.75) is 25.8 Å². The van der Waals surface area contributed by atoms with Gasteiger partial charge in [-0.2, -0.15) is 0 Å². The molecule has 0 radical (unpaired) electrons. The molecule has 0 aliphatic heterocycles. The van der Waals surface area contributed by atoms with Crippen LogP contribution in [-0.4, -0.2) is 5.54 Å². The van der Waals surface area contributed by atoms with Crippen molar-refractivity contribution in [2.75, 3.05) is 0 Å². The Kier molecular flexibility index (Phi) is 1.86. The molecule has 7 heavy (non-hydrogen) atoms. The summed E-state index contributed by atoms with van der Waals surface area (Å²) in [6.07, 6.45) is 5.88. The molecular weight excluding hydrogens is 86.1 g/mol. The van der Waals surface area contributed by atoms with Crippen LogP contribution in [0.3, 0.4) is 0 Å². The van der Waals surface area contributed by atoms with E-state index in [1.165, 1.54) is 0 Å². The zero-order chi connectivity index (χ0) is 5.91. The van der Waals surface area contributed by atoms with Crippen molar-refractivity contribution in [1.29, 1.82) is 0 Å². The summed E-state index contributed by atoms with van der Waals surface area (Å²) in [6.45, 7) is 3.81. The van der Waals surface area contributed by atoms with Crippen molar-refractivity contribution >= 4 is 0 Å². The highest BCUT2D eigenvalue weighted by Gasteiger charge is 2.08. The average Bonchev–Trinajstić information content (AvgIpc) is 1.68. The van der Waals surface area contributed by atoms with Crippen LogP contribution in [0.25, 0.3) is 0 Å². The maximum atomic E-state index is 5.48. The van der Waals surface area contributed by atoms with Gasteiger partial charge in [0.2, 0.25) is 0 Å². The highest BCUT2D eigenvalue weighted by atomic mass is 14.7. The van der Waals surface area contributed by atoms with Crippen molar-refractivity contribution in [3.8, 4) is 12.3 Å². The molecule has 1 heteroatoms. The molecule has 0 aliphatic rings. The molecule has 0 saturated carbocycles. The second-order valence-corrected chi connectivity index (χ2v) is 1.92. The van der Waals surface area contributed by atoms with Crippen molar-refractivity contribution in [1.82, 2.24) is 0 Å². The molecule has 40 valence electrons. The van der Waals surface area contributed by atoms with E-state index in [-0.39, 0.29) is 5.54 Å². The second kappa shape index (κ2) is 1.99. The van der Waals surface area contributed by atoms with Crippen LogP contribution < -0.4 is 5.73 Å². The number of nitrogens with two attached hydrogens (primary N) is 1. The number of hydrogen-bond acceptors (Lipinski definition) is 1. The van der Waals surface area contributed by atoms with E-state index in [1.807, 2.05) is 13.8 Å². The molecule has 0 aromatic heterocycles. The van der Waals surface area contributed by atoms with E-state index in [0.717, 1.165) is 6.42 Å². The standard InChI is InChI=1S/C6H11N/c1-4-6(3,7)5-2/h1H,5,7H2,2-3H3/t6-/m1/s1. The molecule has 0 unspecified atom stereocenters. The Balaban J connectivity index is 3.66. The summed E-state index contributed by atoms with van der Waals surface area (Å²) in [6, 6.07) is 0. The molecule has 1 atom stereocenters. The second-order valence-electron chi connectivity index (χ2n) is 1.92. The van der Waals surface area contributed by atoms with Crippen LogP contribution >= 0.6 is 0 Å². The first-order valence-electron chi connectivity index (χ1n) is 2.39. The smallest absolute Gasteiger partial charge is 0.0742 e. The van der Waals surface area contributed by atoms with Gasteiger partial charge < -0.3 is 5.73 Å². The van der Waals surface area contributed by atoms with Gasteiger partial charge >= 0.3 is 0 Å². The van der Waals surface area contributed by atoms with Gasteiger partial charge in [-0.1, -0.05) is 12.8 Å². The maximum absolute atomic E-state index is 5.48.